The van der Waals surface area contributed by atoms with Crippen LogP contribution >= 0.6 is 0 Å². The highest BCUT2D eigenvalue weighted by Gasteiger charge is 2.24. The zero-order chi connectivity index (χ0) is 21.5. The molecule has 0 aliphatic rings. The number of nitrogens with one attached hydrogen (secondary N) is 2. The molecule has 8 heteroatoms. The Morgan fingerprint density at radius 2 is 2.23 bits per heavy atom. The number of aryl methyl sites for hydroxylation is 1. The van der Waals surface area contributed by atoms with Gasteiger partial charge in [0, 0.05) is 17.8 Å². The van der Waals surface area contributed by atoms with Crippen molar-refractivity contribution in [1.82, 2.24) is 15.0 Å². The molecule has 154 valence electrons. The zero-order valence-corrected chi connectivity index (χ0v) is 16.4. The number of pyridine rings is 1. The smallest absolute Gasteiger partial charge is 0.293 e. The van der Waals surface area contributed by atoms with Crippen molar-refractivity contribution in [2.45, 2.75) is 13.5 Å². The van der Waals surface area contributed by atoms with Crippen LogP contribution < -0.4 is 10.8 Å². The summed E-state index contributed by atoms with van der Waals surface area (Å²) in [6, 6.07) is 6.52. The number of anilines is 2. The Morgan fingerprint density at radius 1 is 1.40 bits per heavy atom. The minimum absolute atomic E-state index is 0.115. The number of hydroxylamine groups is 1. The van der Waals surface area contributed by atoms with Crippen LogP contribution in [0.15, 0.2) is 49.5 Å². The highest BCUT2D eigenvalue weighted by atomic mass is 19.1. The molecule has 1 aromatic carbocycles. The average Bonchev–Trinajstić information content (AvgIpc) is 3.04. The third kappa shape index (κ3) is 4.42. The molecular formula is C22H21FN4O3. The molecule has 0 spiro atoms. The van der Waals surface area contributed by atoms with E-state index in [-0.39, 0.29) is 31.1 Å². The number of halogens is 1. The first-order chi connectivity index (χ1) is 14.6. The van der Waals surface area contributed by atoms with Gasteiger partial charge in [0.15, 0.2) is 0 Å². The lowest BCUT2D eigenvalue weighted by molar-refractivity contribution is 0.0140. The molecule has 2 aromatic heterocycles. The third-order valence-electron chi connectivity index (χ3n) is 4.30. The van der Waals surface area contributed by atoms with Gasteiger partial charge in [-0.1, -0.05) is 18.6 Å². The molecular weight excluding hydrogens is 387 g/mol. The fourth-order valence-corrected chi connectivity index (χ4v) is 3.01. The highest BCUT2D eigenvalue weighted by Crippen LogP contribution is 2.34. The fraction of sp³-hybridized carbons (Fsp3) is 0.182. The maximum absolute atomic E-state index is 14.5. The molecule has 30 heavy (non-hydrogen) atoms. The molecule has 2 N–H and O–H groups in total. The summed E-state index contributed by atoms with van der Waals surface area (Å²) in [5.41, 5.74) is 4.62. The lowest BCUT2D eigenvalue weighted by Gasteiger charge is -2.12. The van der Waals surface area contributed by atoms with Gasteiger partial charge in [-0.15, -0.1) is 6.42 Å². The Morgan fingerprint density at radius 3 is 2.97 bits per heavy atom. The second-order valence-corrected chi connectivity index (χ2v) is 6.33. The van der Waals surface area contributed by atoms with Crippen LogP contribution in [0.3, 0.4) is 0 Å². The molecule has 0 saturated carbocycles. The molecule has 7 nitrogen and oxygen atoms in total. The number of nitrogens with zero attached hydrogens (tertiary/aromatic N) is 2. The summed E-state index contributed by atoms with van der Waals surface area (Å²) in [4.78, 5) is 22.3. The van der Waals surface area contributed by atoms with Crippen molar-refractivity contribution < 1.29 is 18.8 Å². The molecule has 0 atom stereocenters. The van der Waals surface area contributed by atoms with Crippen LogP contribution in [-0.2, 0) is 16.1 Å². The minimum Gasteiger partial charge on any atom is -0.499 e. The van der Waals surface area contributed by atoms with Crippen molar-refractivity contribution in [3.05, 3.63) is 66.6 Å². The number of ether oxygens (including phenoxy) is 1. The molecule has 0 bridgehead atoms. The number of aromatic nitrogens is 2. The Labute approximate surface area is 173 Å². The van der Waals surface area contributed by atoms with E-state index in [0.29, 0.717) is 16.6 Å². The first-order valence-corrected chi connectivity index (χ1v) is 9.14. The van der Waals surface area contributed by atoms with Gasteiger partial charge in [-0.25, -0.2) is 9.87 Å². The van der Waals surface area contributed by atoms with E-state index in [2.05, 4.69) is 28.3 Å². The van der Waals surface area contributed by atoms with Crippen molar-refractivity contribution in [3.63, 3.8) is 0 Å². The van der Waals surface area contributed by atoms with Gasteiger partial charge in [0.1, 0.15) is 24.7 Å². The maximum Gasteiger partial charge on any atom is 0.293 e. The summed E-state index contributed by atoms with van der Waals surface area (Å²) in [5.74, 6) is 1.55. The standard InChI is InChI=1S/C22H21FN4O3/c1-4-10-27-19-8-9-24-14-16(19)20(25-18-7-6-15(3)13-17(18)23)21(27)22(28)26-30-12-11-29-5-2/h1,5-9,13-14,25H,2,10-12H2,3H3,(H,26,28). The SMILES string of the molecule is C#CCn1c(C(=O)NOCCOC=C)c(Nc2ccc(C)cc2F)c2cnccc21. The van der Waals surface area contributed by atoms with E-state index in [1.165, 1.54) is 12.3 Å². The molecule has 2 heterocycles. The van der Waals surface area contributed by atoms with E-state index in [1.54, 1.807) is 42.1 Å². The number of fused-ring (bicyclic) bond motifs is 1. The highest BCUT2D eigenvalue weighted by molar-refractivity contribution is 6.09. The molecule has 0 radical (unpaired) electrons. The average molecular weight is 408 g/mol. The molecule has 3 rings (SSSR count). The topological polar surface area (TPSA) is 77.4 Å². The maximum atomic E-state index is 14.5. The summed E-state index contributed by atoms with van der Waals surface area (Å²) in [7, 11) is 0. The van der Waals surface area contributed by atoms with Crippen LogP contribution in [0.1, 0.15) is 16.1 Å². The van der Waals surface area contributed by atoms with E-state index in [0.717, 1.165) is 5.56 Å². The quantitative estimate of drug-likeness (QED) is 0.244. The van der Waals surface area contributed by atoms with Crippen molar-refractivity contribution >= 4 is 28.2 Å². The Kier molecular flexibility index (Phi) is 6.67. The zero-order valence-electron chi connectivity index (χ0n) is 16.4. The second kappa shape index (κ2) is 9.58. The Balaban J connectivity index is 2.03. The van der Waals surface area contributed by atoms with Crippen LogP contribution in [0.25, 0.3) is 10.9 Å². The van der Waals surface area contributed by atoms with Gasteiger partial charge in [-0.05, 0) is 30.7 Å². The van der Waals surface area contributed by atoms with Gasteiger partial charge < -0.3 is 14.6 Å². The molecule has 0 fully saturated rings. The number of hydrogen-bond acceptors (Lipinski definition) is 5. The largest absolute Gasteiger partial charge is 0.499 e. The first-order valence-electron chi connectivity index (χ1n) is 9.14. The van der Waals surface area contributed by atoms with Gasteiger partial charge in [-0.3, -0.25) is 14.6 Å². The molecule has 0 aliphatic heterocycles. The van der Waals surface area contributed by atoms with Crippen molar-refractivity contribution in [1.29, 1.82) is 0 Å². The molecule has 1 amide bonds. The van der Waals surface area contributed by atoms with E-state index in [1.807, 2.05) is 0 Å². The number of benzene rings is 1. The number of hydrogen-bond donors (Lipinski definition) is 2. The summed E-state index contributed by atoms with van der Waals surface area (Å²) in [6.45, 7) is 5.69. The normalized spacial score (nSPS) is 10.4. The lowest BCUT2D eigenvalue weighted by atomic mass is 10.2. The van der Waals surface area contributed by atoms with Crippen molar-refractivity contribution in [2.24, 2.45) is 0 Å². The van der Waals surface area contributed by atoms with Gasteiger partial charge in [0.2, 0.25) is 0 Å². The summed E-state index contributed by atoms with van der Waals surface area (Å²) >= 11 is 0. The minimum atomic E-state index is -0.546. The summed E-state index contributed by atoms with van der Waals surface area (Å²) in [5, 5.41) is 3.64. The predicted molar refractivity (Wildman–Crippen MR) is 113 cm³/mol. The molecule has 0 aliphatic carbocycles. The monoisotopic (exact) mass is 408 g/mol. The Bertz CT molecular complexity index is 1120. The van der Waals surface area contributed by atoms with Crippen LogP contribution in [0.5, 0.6) is 0 Å². The molecule has 0 saturated heterocycles. The predicted octanol–water partition coefficient (Wildman–Crippen LogP) is 3.68. The van der Waals surface area contributed by atoms with E-state index < -0.39 is 11.7 Å². The fourth-order valence-electron chi connectivity index (χ4n) is 3.01. The van der Waals surface area contributed by atoms with Gasteiger partial charge >= 0.3 is 0 Å². The van der Waals surface area contributed by atoms with Gasteiger partial charge in [0.05, 0.1) is 29.7 Å². The molecule has 0 unspecified atom stereocenters. The third-order valence-corrected chi connectivity index (χ3v) is 4.30. The van der Waals surface area contributed by atoms with Crippen LogP contribution in [0.2, 0.25) is 0 Å². The van der Waals surface area contributed by atoms with Gasteiger partial charge in [-0.2, -0.15) is 0 Å². The van der Waals surface area contributed by atoms with Crippen molar-refractivity contribution in [3.8, 4) is 12.3 Å². The second-order valence-electron chi connectivity index (χ2n) is 6.33. The summed E-state index contributed by atoms with van der Waals surface area (Å²) < 4.78 is 21.1. The van der Waals surface area contributed by atoms with Crippen LogP contribution in [0.4, 0.5) is 15.8 Å². The number of rotatable bonds is 9. The number of terminal acetylenes is 1. The van der Waals surface area contributed by atoms with Crippen LogP contribution in [-0.4, -0.2) is 28.7 Å². The first kappa shape index (κ1) is 20.9. The molecule has 3 aromatic rings. The van der Waals surface area contributed by atoms with E-state index >= 15 is 0 Å². The Hall–Kier alpha value is -3.83. The van der Waals surface area contributed by atoms with Crippen LogP contribution in [0, 0.1) is 25.1 Å². The number of amides is 1. The lowest BCUT2D eigenvalue weighted by Crippen LogP contribution is -2.28. The van der Waals surface area contributed by atoms with E-state index in [9.17, 15) is 9.18 Å². The number of carbonyl (C=O) groups excluding carboxylic acids is 1. The van der Waals surface area contributed by atoms with E-state index in [4.69, 9.17) is 16.0 Å². The van der Waals surface area contributed by atoms with Crippen molar-refractivity contribution in [2.75, 3.05) is 18.5 Å². The van der Waals surface area contributed by atoms with Gasteiger partial charge in [0.25, 0.3) is 5.91 Å². The summed E-state index contributed by atoms with van der Waals surface area (Å²) in [6.07, 6.45) is 9.98. The number of carbonyl (C=O) groups is 1.